The van der Waals surface area contributed by atoms with Crippen LogP contribution in [-0.2, 0) is 4.74 Å². The third-order valence-electron chi connectivity index (χ3n) is 4.33. The van der Waals surface area contributed by atoms with Crippen molar-refractivity contribution in [2.45, 2.75) is 0 Å². The molecule has 0 aliphatic heterocycles. The predicted molar refractivity (Wildman–Crippen MR) is 94.3 cm³/mol. The van der Waals surface area contributed by atoms with E-state index in [1.807, 2.05) is 42.5 Å². The molecule has 25 heavy (non-hydrogen) atoms. The average Bonchev–Trinajstić information content (AvgIpc) is 2.93. The second-order valence-corrected chi connectivity index (χ2v) is 5.70. The molecule has 1 heterocycles. The summed E-state index contributed by atoms with van der Waals surface area (Å²) in [4.78, 5) is 29.7. The molecule has 0 bridgehead atoms. The van der Waals surface area contributed by atoms with E-state index in [0.717, 1.165) is 11.1 Å². The van der Waals surface area contributed by atoms with E-state index in [9.17, 15) is 9.59 Å². The summed E-state index contributed by atoms with van der Waals surface area (Å²) >= 11 is 0. The smallest absolute Gasteiger partial charge is 0.342 e. The van der Waals surface area contributed by atoms with Gasteiger partial charge in [0.05, 0.1) is 18.4 Å². The molecule has 1 aromatic heterocycles. The molecule has 0 unspecified atom stereocenters. The maximum Gasteiger partial charge on any atom is 0.342 e. The number of pyridine rings is 1. The van der Waals surface area contributed by atoms with Crippen LogP contribution in [0.3, 0.4) is 0 Å². The monoisotopic (exact) mass is 330 g/mol. The zero-order valence-corrected chi connectivity index (χ0v) is 13.4. The topological polar surface area (TPSA) is 82.3 Å². The zero-order chi connectivity index (χ0) is 17.6. The lowest BCUT2D eigenvalue weighted by Gasteiger charge is -2.14. The lowest BCUT2D eigenvalue weighted by atomic mass is 9.93. The first-order valence-corrected chi connectivity index (χ1v) is 7.74. The molecular weight excluding hydrogens is 316 g/mol. The molecule has 0 spiro atoms. The number of nitrogen functional groups attached to an aromatic ring is 1. The van der Waals surface area contributed by atoms with E-state index in [0.29, 0.717) is 22.4 Å². The van der Waals surface area contributed by atoms with E-state index in [2.05, 4.69) is 4.98 Å². The fraction of sp³-hybridized carbons (Fsp3) is 0.0500. The van der Waals surface area contributed by atoms with Crippen molar-refractivity contribution in [2.75, 3.05) is 12.8 Å². The molecule has 0 amide bonds. The highest BCUT2D eigenvalue weighted by Crippen LogP contribution is 2.43. The number of hydrogen-bond donors (Lipinski definition) is 1. The van der Waals surface area contributed by atoms with Gasteiger partial charge >= 0.3 is 5.97 Å². The first-order chi connectivity index (χ1) is 12.1. The molecule has 0 saturated carbocycles. The maximum atomic E-state index is 13.0. The summed E-state index contributed by atoms with van der Waals surface area (Å²) in [7, 11) is 1.28. The first kappa shape index (κ1) is 15.1. The van der Waals surface area contributed by atoms with Crippen molar-refractivity contribution in [3.05, 3.63) is 71.3 Å². The standard InChI is InChI=1S/C20H14N2O3/c1-25-20(24)16-14(11-7-3-2-4-8-11)15-17(22-19(16)21)12-9-5-6-10-13(12)18(15)23/h2-10H,1H3,(H2,21,22). The zero-order valence-electron chi connectivity index (χ0n) is 13.4. The van der Waals surface area contributed by atoms with Crippen LogP contribution in [0, 0.1) is 0 Å². The summed E-state index contributed by atoms with van der Waals surface area (Å²) in [5.74, 6) is -0.730. The van der Waals surface area contributed by atoms with E-state index < -0.39 is 5.97 Å². The van der Waals surface area contributed by atoms with Crippen LogP contribution in [0.25, 0.3) is 22.4 Å². The molecule has 5 nitrogen and oxygen atoms in total. The molecule has 122 valence electrons. The van der Waals surface area contributed by atoms with Crippen LogP contribution < -0.4 is 5.73 Å². The Morgan fingerprint density at radius 1 is 0.960 bits per heavy atom. The highest BCUT2D eigenvalue weighted by Gasteiger charge is 2.35. The number of benzene rings is 2. The van der Waals surface area contributed by atoms with Crippen LogP contribution in [0.1, 0.15) is 26.3 Å². The third kappa shape index (κ3) is 2.13. The van der Waals surface area contributed by atoms with E-state index in [-0.39, 0.29) is 17.2 Å². The third-order valence-corrected chi connectivity index (χ3v) is 4.33. The minimum absolute atomic E-state index is 0.0500. The molecular formula is C20H14N2O3. The molecule has 0 saturated heterocycles. The fourth-order valence-electron chi connectivity index (χ4n) is 3.24. The Morgan fingerprint density at radius 3 is 2.28 bits per heavy atom. The van der Waals surface area contributed by atoms with Gasteiger partial charge in [0.25, 0.3) is 0 Å². The van der Waals surface area contributed by atoms with Gasteiger partial charge in [0.1, 0.15) is 11.4 Å². The van der Waals surface area contributed by atoms with Crippen LogP contribution in [0.2, 0.25) is 0 Å². The summed E-state index contributed by atoms with van der Waals surface area (Å²) in [6.07, 6.45) is 0. The summed E-state index contributed by atoms with van der Waals surface area (Å²) in [5.41, 5.74) is 9.57. The Labute approximate surface area is 144 Å². The number of rotatable bonds is 2. The van der Waals surface area contributed by atoms with Crippen molar-refractivity contribution < 1.29 is 14.3 Å². The molecule has 4 rings (SSSR count). The number of hydrogen-bond acceptors (Lipinski definition) is 5. The maximum absolute atomic E-state index is 13.0. The number of nitrogens with two attached hydrogens (primary N) is 1. The van der Waals surface area contributed by atoms with Crippen LogP contribution in [0.15, 0.2) is 54.6 Å². The summed E-state index contributed by atoms with van der Waals surface area (Å²) in [5, 5.41) is 0. The molecule has 0 fully saturated rings. The normalized spacial score (nSPS) is 11.8. The number of anilines is 1. The number of carbonyl (C=O) groups excluding carboxylic acids is 2. The number of carbonyl (C=O) groups is 2. The highest BCUT2D eigenvalue weighted by molar-refractivity contribution is 6.26. The van der Waals surface area contributed by atoms with Crippen molar-refractivity contribution in [1.29, 1.82) is 0 Å². The average molecular weight is 330 g/mol. The van der Waals surface area contributed by atoms with Crippen molar-refractivity contribution in [1.82, 2.24) is 4.98 Å². The molecule has 3 aromatic rings. The SMILES string of the molecule is COC(=O)c1c(N)nc2c(c1-c1ccccc1)C(=O)c1ccccc1-2. The van der Waals surface area contributed by atoms with E-state index in [1.54, 1.807) is 12.1 Å². The quantitative estimate of drug-likeness (QED) is 0.570. The second kappa shape index (κ2) is 5.56. The minimum Gasteiger partial charge on any atom is -0.465 e. The minimum atomic E-state index is -0.615. The largest absolute Gasteiger partial charge is 0.465 e. The number of methoxy groups -OCH3 is 1. The first-order valence-electron chi connectivity index (χ1n) is 7.74. The van der Waals surface area contributed by atoms with Crippen molar-refractivity contribution in [2.24, 2.45) is 0 Å². The Hall–Kier alpha value is -3.47. The summed E-state index contributed by atoms with van der Waals surface area (Å²) < 4.78 is 4.88. The van der Waals surface area contributed by atoms with Crippen LogP contribution in [0.4, 0.5) is 5.82 Å². The van der Waals surface area contributed by atoms with Gasteiger partial charge in [-0.05, 0) is 5.56 Å². The molecule has 1 aliphatic carbocycles. The van der Waals surface area contributed by atoms with Gasteiger partial charge in [-0.2, -0.15) is 0 Å². The second-order valence-electron chi connectivity index (χ2n) is 5.70. The number of fused-ring (bicyclic) bond motifs is 3. The van der Waals surface area contributed by atoms with E-state index in [4.69, 9.17) is 10.5 Å². The van der Waals surface area contributed by atoms with E-state index >= 15 is 0 Å². The molecule has 2 N–H and O–H groups in total. The van der Waals surface area contributed by atoms with Crippen LogP contribution >= 0.6 is 0 Å². The van der Waals surface area contributed by atoms with Gasteiger partial charge in [-0.15, -0.1) is 0 Å². The number of ether oxygens (including phenoxy) is 1. The van der Waals surface area contributed by atoms with Gasteiger partial charge in [-0.1, -0.05) is 54.6 Å². The molecule has 2 aromatic carbocycles. The number of aromatic nitrogens is 1. The van der Waals surface area contributed by atoms with Crippen molar-refractivity contribution in [3.8, 4) is 22.4 Å². The fourth-order valence-corrected chi connectivity index (χ4v) is 3.24. The lowest BCUT2D eigenvalue weighted by molar-refractivity contribution is 0.0602. The Morgan fingerprint density at radius 2 is 1.60 bits per heavy atom. The van der Waals surface area contributed by atoms with Gasteiger partial charge < -0.3 is 10.5 Å². The van der Waals surface area contributed by atoms with Gasteiger partial charge in [-0.3, -0.25) is 4.79 Å². The Kier molecular flexibility index (Phi) is 3.35. The Balaban J connectivity index is 2.13. The van der Waals surface area contributed by atoms with Crippen molar-refractivity contribution >= 4 is 17.6 Å². The number of ketones is 1. The predicted octanol–water partition coefficient (Wildman–Crippen LogP) is 3.33. The van der Waals surface area contributed by atoms with Crippen LogP contribution in [-0.4, -0.2) is 23.8 Å². The van der Waals surface area contributed by atoms with Gasteiger partial charge in [0.15, 0.2) is 5.78 Å². The summed E-state index contributed by atoms with van der Waals surface area (Å²) in [6, 6.07) is 16.4. The molecule has 0 atom stereocenters. The molecule has 1 aliphatic rings. The van der Waals surface area contributed by atoms with Gasteiger partial charge in [-0.25, -0.2) is 9.78 Å². The highest BCUT2D eigenvalue weighted by atomic mass is 16.5. The summed E-state index contributed by atoms with van der Waals surface area (Å²) in [6.45, 7) is 0. The lowest BCUT2D eigenvalue weighted by Crippen LogP contribution is -2.13. The Bertz CT molecular complexity index is 1030. The van der Waals surface area contributed by atoms with Gasteiger partial charge in [0, 0.05) is 16.7 Å². The van der Waals surface area contributed by atoms with Crippen molar-refractivity contribution in [3.63, 3.8) is 0 Å². The van der Waals surface area contributed by atoms with E-state index in [1.165, 1.54) is 7.11 Å². The van der Waals surface area contributed by atoms with Gasteiger partial charge in [0.2, 0.25) is 0 Å². The molecule has 5 heteroatoms. The number of esters is 1. The molecule has 0 radical (unpaired) electrons. The van der Waals surface area contributed by atoms with Crippen LogP contribution in [0.5, 0.6) is 0 Å². The number of nitrogens with zero attached hydrogens (tertiary/aromatic N) is 1.